The minimum absolute atomic E-state index is 0.634. The van der Waals surface area contributed by atoms with E-state index in [0.717, 1.165) is 82.6 Å². The Bertz CT molecular complexity index is 1630. The number of likely N-dealkylation sites (tertiary alicyclic amines) is 1. The summed E-state index contributed by atoms with van der Waals surface area (Å²) in [6, 6.07) is 9.30. The highest BCUT2D eigenvalue weighted by molar-refractivity contribution is 7.10. The molecule has 4 aromatic heterocycles. The number of hydrogen-bond acceptors (Lipinski definition) is 9. The van der Waals surface area contributed by atoms with Crippen molar-refractivity contribution < 1.29 is 9.53 Å². The third-order valence-electron chi connectivity index (χ3n) is 7.09. The number of methoxy groups -OCH3 is 1. The summed E-state index contributed by atoms with van der Waals surface area (Å²) in [5.41, 5.74) is 5.61. The predicted octanol–water partition coefficient (Wildman–Crippen LogP) is 5.62. The van der Waals surface area contributed by atoms with Crippen molar-refractivity contribution in [1.82, 2.24) is 33.4 Å². The van der Waals surface area contributed by atoms with E-state index in [4.69, 9.17) is 9.72 Å². The fourth-order valence-corrected chi connectivity index (χ4v) is 5.73. The van der Waals surface area contributed by atoms with Crippen molar-refractivity contribution >= 4 is 40.1 Å². The topological polar surface area (TPSA) is 114 Å². The van der Waals surface area contributed by atoms with Crippen LogP contribution in [0, 0.1) is 12.8 Å². The lowest BCUT2D eigenvalue weighted by Crippen LogP contribution is -2.33. The highest BCUT2D eigenvalue weighted by Gasteiger charge is 2.18. The van der Waals surface area contributed by atoms with E-state index in [9.17, 15) is 4.79 Å². The highest BCUT2D eigenvalue weighted by atomic mass is 32.1. The molecule has 0 radical (unpaired) electrons. The predicted molar refractivity (Wildman–Crippen MR) is 166 cm³/mol. The van der Waals surface area contributed by atoms with E-state index in [1.807, 2.05) is 48.5 Å². The first-order valence-electron chi connectivity index (χ1n) is 14.1. The zero-order valence-corrected chi connectivity index (χ0v) is 25.3. The molecule has 11 nitrogen and oxygen atoms in total. The van der Waals surface area contributed by atoms with Crippen LogP contribution in [-0.4, -0.2) is 60.0 Å². The molecule has 1 unspecified atom stereocenters. The van der Waals surface area contributed by atoms with Gasteiger partial charge in [0.05, 0.1) is 36.6 Å². The number of nitrogens with zero attached hydrogens (tertiary/aromatic N) is 7. The average Bonchev–Trinajstić information content (AvgIpc) is 3.74. The summed E-state index contributed by atoms with van der Waals surface area (Å²) in [5.74, 6) is 2.25. The van der Waals surface area contributed by atoms with E-state index in [1.54, 1.807) is 19.2 Å². The molecule has 0 spiro atoms. The largest absolute Gasteiger partial charge is 0.497 e. The summed E-state index contributed by atoms with van der Waals surface area (Å²) in [4.78, 5) is 21.9. The molecule has 0 bridgehead atoms. The summed E-state index contributed by atoms with van der Waals surface area (Å²) in [6.07, 6.45) is 11.1. The van der Waals surface area contributed by atoms with Crippen LogP contribution >= 0.6 is 11.5 Å². The zero-order chi connectivity index (χ0) is 29.5. The Balaban J connectivity index is 0.000000271. The van der Waals surface area contributed by atoms with Crippen LogP contribution in [0.25, 0.3) is 16.9 Å². The number of amides is 1. The van der Waals surface area contributed by atoms with Gasteiger partial charge in [-0.05, 0) is 68.9 Å². The summed E-state index contributed by atoms with van der Waals surface area (Å²) in [5, 5.41) is 11.4. The second kappa shape index (κ2) is 13.6. The maximum Gasteiger partial charge on any atom is 0.211 e. The monoisotopic (exact) mass is 587 g/mol. The van der Waals surface area contributed by atoms with Crippen LogP contribution in [0.15, 0.2) is 55.1 Å². The van der Waals surface area contributed by atoms with Gasteiger partial charge in [0.15, 0.2) is 11.5 Å². The number of anilines is 3. The van der Waals surface area contributed by atoms with Gasteiger partial charge in [0.25, 0.3) is 0 Å². The number of nitrogens with one attached hydrogen (secondary N) is 2. The Morgan fingerprint density at radius 3 is 2.86 bits per heavy atom. The fraction of sp³-hybridized carbons (Fsp3) is 0.367. The van der Waals surface area contributed by atoms with Gasteiger partial charge in [-0.3, -0.25) is 18.8 Å². The summed E-state index contributed by atoms with van der Waals surface area (Å²) in [7, 11) is 1.58. The number of fused-ring (bicyclic) bond motifs is 1. The van der Waals surface area contributed by atoms with Crippen LogP contribution in [0.4, 0.5) is 16.5 Å². The van der Waals surface area contributed by atoms with Gasteiger partial charge in [0.1, 0.15) is 10.8 Å². The molecule has 6 rings (SSSR count). The first-order chi connectivity index (χ1) is 20.4. The van der Waals surface area contributed by atoms with E-state index in [0.29, 0.717) is 6.41 Å². The summed E-state index contributed by atoms with van der Waals surface area (Å²) >= 11 is 1.48. The molecule has 1 atom stereocenters. The second-order valence-corrected chi connectivity index (χ2v) is 11.2. The van der Waals surface area contributed by atoms with E-state index >= 15 is 0 Å². The third-order valence-corrected chi connectivity index (χ3v) is 7.83. The number of rotatable bonds is 9. The number of aryl methyl sites for hydroxylation is 2. The smallest absolute Gasteiger partial charge is 0.211 e. The number of piperidine rings is 1. The molecule has 5 aromatic rings. The standard InChI is InChI=1S/C22H28N8S.C8H9NO2/c1-4-29-13-17(9-24-29)19-10-23-22-21(25-16(3)12-30(19)22)26-20-8-18(27-31-20)14-28-7-5-6-15(2)11-28;1-11-8-4-2-3-7(5-8)9-6-10/h8-10,12-13,15H,4-7,11,14H2,1-3H3,(H,25,26);2-6H,1H3,(H,9,10). The van der Waals surface area contributed by atoms with E-state index in [2.05, 4.69) is 54.3 Å². The normalized spacial score (nSPS) is 15.2. The minimum Gasteiger partial charge on any atom is -0.497 e. The molecule has 0 saturated carbocycles. The van der Waals surface area contributed by atoms with Gasteiger partial charge in [0, 0.05) is 49.3 Å². The quantitative estimate of drug-likeness (QED) is 0.214. The molecule has 1 amide bonds. The molecular weight excluding hydrogens is 550 g/mol. The number of hydrogen-bond donors (Lipinski definition) is 2. The van der Waals surface area contributed by atoms with E-state index in [-0.39, 0.29) is 0 Å². The Labute approximate surface area is 249 Å². The first-order valence-corrected chi connectivity index (χ1v) is 14.9. The number of ether oxygens (including phenoxy) is 1. The van der Waals surface area contributed by atoms with Gasteiger partial charge in [-0.25, -0.2) is 9.97 Å². The number of imidazole rings is 1. The van der Waals surface area contributed by atoms with Gasteiger partial charge in [0.2, 0.25) is 6.41 Å². The number of benzene rings is 1. The summed E-state index contributed by atoms with van der Waals surface area (Å²) in [6.45, 7) is 10.5. The molecule has 42 heavy (non-hydrogen) atoms. The molecule has 1 saturated heterocycles. The zero-order valence-electron chi connectivity index (χ0n) is 24.4. The second-order valence-electron chi connectivity index (χ2n) is 10.4. The molecule has 12 heteroatoms. The lowest BCUT2D eigenvalue weighted by atomic mass is 10.0. The van der Waals surface area contributed by atoms with Gasteiger partial charge < -0.3 is 15.4 Å². The number of carbonyl (C=O) groups excluding carboxylic acids is 1. The highest BCUT2D eigenvalue weighted by Crippen LogP contribution is 2.28. The van der Waals surface area contributed by atoms with Crippen LogP contribution in [-0.2, 0) is 17.9 Å². The molecular formula is C30H37N9O2S. The van der Waals surface area contributed by atoms with Crippen molar-refractivity contribution in [2.75, 3.05) is 30.8 Å². The maximum atomic E-state index is 10.0. The lowest BCUT2D eigenvalue weighted by molar-refractivity contribution is -0.105. The molecule has 0 aliphatic carbocycles. The first kappa shape index (κ1) is 29.2. The summed E-state index contributed by atoms with van der Waals surface area (Å²) < 4.78 is 13.6. The number of carbonyl (C=O) groups is 1. The Morgan fingerprint density at radius 2 is 2.10 bits per heavy atom. The minimum atomic E-state index is 0.634. The van der Waals surface area contributed by atoms with E-state index < -0.39 is 0 Å². The van der Waals surface area contributed by atoms with Gasteiger partial charge in [-0.15, -0.1) is 0 Å². The Kier molecular flexibility index (Phi) is 9.45. The average molecular weight is 588 g/mol. The van der Waals surface area contributed by atoms with Gasteiger partial charge in [-0.2, -0.15) is 9.47 Å². The van der Waals surface area contributed by atoms with Gasteiger partial charge in [-0.1, -0.05) is 13.0 Å². The molecule has 1 aliphatic heterocycles. The SMILES string of the molecule is CCn1cc(-c2cnc3c(Nc4cc(CN5CCCC(C)C5)ns4)nc(C)cn23)cn1.COc1cccc(NC=O)c1. The van der Waals surface area contributed by atoms with Crippen molar-refractivity contribution in [3.05, 3.63) is 66.5 Å². The van der Waals surface area contributed by atoms with Crippen LogP contribution in [0.5, 0.6) is 5.75 Å². The van der Waals surface area contributed by atoms with Crippen LogP contribution in [0.1, 0.15) is 38.1 Å². The van der Waals surface area contributed by atoms with Crippen LogP contribution in [0.3, 0.4) is 0 Å². The van der Waals surface area contributed by atoms with Crippen molar-refractivity contribution in [2.24, 2.45) is 5.92 Å². The van der Waals surface area contributed by atoms with Crippen LogP contribution < -0.4 is 15.4 Å². The number of aromatic nitrogens is 6. The molecule has 2 N–H and O–H groups in total. The molecule has 1 aliphatic rings. The van der Waals surface area contributed by atoms with Gasteiger partial charge >= 0.3 is 0 Å². The van der Waals surface area contributed by atoms with Crippen molar-refractivity contribution in [2.45, 2.75) is 46.7 Å². The van der Waals surface area contributed by atoms with Crippen molar-refractivity contribution in [1.29, 1.82) is 0 Å². The molecule has 1 aromatic carbocycles. The fourth-order valence-electron chi connectivity index (χ4n) is 5.08. The lowest BCUT2D eigenvalue weighted by Gasteiger charge is -2.30. The molecule has 5 heterocycles. The third kappa shape index (κ3) is 7.12. The van der Waals surface area contributed by atoms with E-state index in [1.165, 1.54) is 24.4 Å². The van der Waals surface area contributed by atoms with Crippen molar-refractivity contribution in [3.63, 3.8) is 0 Å². The maximum absolute atomic E-state index is 10.0. The van der Waals surface area contributed by atoms with Crippen molar-refractivity contribution in [3.8, 4) is 17.0 Å². The Morgan fingerprint density at radius 1 is 1.21 bits per heavy atom. The Hall–Kier alpha value is -4.29. The molecule has 1 fully saturated rings. The molecule has 220 valence electrons. The van der Waals surface area contributed by atoms with Crippen LogP contribution in [0.2, 0.25) is 0 Å².